The molecule has 0 saturated carbocycles. The summed E-state index contributed by atoms with van der Waals surface area (Å²) in [5.74, 6) is -0.924. The van der Waals surface area contributed by atoms with Crippen LogP contribution in [-0.4, -0.2) is 29.3 Å². The van der Waals surface area contributed by atoms with E-state index in [-0.39, 0.29) is 12.6 Å². The van der Waals surface area contributed by atoms with Crippen LogP contribution < -0.4 is 10.6 Å². The summed E-state index contributed by atoms with van der Waals surface area (Å²) in [4.78, 5) is 38.8. The molecule has 1 heterocycles. The van der Waals surface area contributed by atoms with Crippen molar-refractivity contribution in [1.82, 2.24) is 15.5 Å². The van der Waals surface area contributed by atoms with E-state index in [4.69, 9.17) is 11.6 Å². The summed E-state index contributed by atoms with van der Waals surface area (Å²) in [5, 5.41) is 5.89. The zero-order valence-electron chi connectivity index (χ0n) is 16.9. The molecule has 1 aliphatic heterocycles. The van der Waals surface area contributed by atoms with Gasteiger partial charge in [0, 0.05) is 10.6 Å². The maximum Gasteiger partial charge on any atom is 0.325 e. The normalized spacial score (nSPS) is 19.8. The van der Waals surface area contributed by atoms with Gasteiger partial charge in [0.25, 0.3) is 5.91 Å². The number of nitrogens with one attached hydrogen (secondary N) is 2. The first kappa shape index (κ1) is 20.9. The minimum Gasteiger partial charge on any atom is -0.348 e. The number of halogens is 1. The number of hydrogen-bond donors (Lipinski definition) is 2. The number of aryl methyl sites for hydroxylation is 2. The molecule has 4 amide bonds. The number of amides is 4. The monoisotopic (exact) mass is 413 g/mol. The Labute approximate surface area is 175 Å². The number of rotatable bonds is 5. The number of benzene rings is 2. The van der Waals surface area contributed by atoms with Crippen molar-refractivity contribution in [2.45, 2.75) is 39.3 Å². The highest BCUT2D eigenvalue weighted by Crippen LogP contribution is 2.33. The fourth-order valence-electron chi connectivity index (χ4n) is 3.44. The Morgan fingerprint density at radius 1 is 1.17 bits per heavy atom. The predicted molar refractivity (Wildman–Crippen MR) is 112 cm³/mol. The van der Waals surface area contributed by atoms with Gasteiger partial charge in [-0.25, -0.2) is 4.79 Å². The molecule has 6 nitrogen and oxygen atoms in total. The molecule has 0 radical (unpaired) electrons. The van der Waals surface area contributed by atoms with Crippen molar-refractivity contribution < 1.29 is 14.4 Å². The smallest absolute Gasteiger partial charge is 0.325 e. The van der Waals surface area contributed by atoms with E-state index in [0.29, 0.717) is 10.6 Å². The maximum atomic E-state index is 13.0. The highest BCUT2D eigenvalue weighted by molar-refractivity contribution is 6.32. The second kappa shape index (κ2) is 7.87. The molecule has 1 aliphatic rings. The third-order valence-electron chi connectivity index (χ3n) is 5.40. The first-order valence-corrected chi connectivity index (χ1v) is 9.77. The molecule has 29 heavy (non-hydrogen) atoms. The van der Waals surface area contributed by atoms with Crippen LogP contribution in [0.15, 0.2) is 42.5 Å². The summed E-state index contributed by atoms with van der Waals surface area (Å²) in [6.07, 6.45) is 0. The molecule has 0 spiro atoms. The number of hydrogen-bond acceptors (Lipinski definition) is 3. The van der Waals surface area contributed by atoms with Gasteiger partial charge in [-0.05, 0) is 50.5 Å². The van der Waals surface area contributed by atoms with Gasteiger partial charge in [-0.1, -0.05) is 48.0 Å². The van der Waals surface area contributed by atoms with Gasteiger partial charge in [-0.15, -0.1) is 0 Å². The Morgan fingerprint density at radius 3 is 2.52 bits per heavy atom. The van der Waals surface area contributed by atoms with Crippen LogP contribution in [0.25, 0.3) is 0 Å². The first-order valence-electron chi connectivity index (χ1n) is 9.39. The zero-order chi connectivity index (χ0) is 21.3. The van der Waals surface area contributed by atoms with Crippen molar-refractivity contribution in [3.63, 3.8) is 0 Å². The summed E-state index contributed by atoms with van der Waals surface area (Å²) in [6.45, 7) is 7.12. The Hall–Kier alpha value is -2.86. The largest absolute Gasteiger partial charge is 0.348 e. The van der Waals surface area contributed by atoms with Crippen molar-refractivity contribution in [2.24, 2.45) is 0 Å². The molecule has 3 rings (SSSR count). The Kier molecular flexibility index (Phi) is 5.66. The van der Waals surface area contributed by atoms with E-state index in [1.165, 1.54) is 5.56 Å². The lowest BCUT2D eigenvalue weighted by Gasteiger charge is -2.23. The molecule has 1 saturated heterocycles. The predicted octanol–water partition coefficient (Wildman–Crippen LogP) is 3.60. The fraction of sp³-hybridized carbons (Fsp3) is 0.318. The zero-order valence-corrected chi connectivity index (χ0v) is 17.6. The standard InChI is InChI=1S/C22H24ClN3O3/c1-13-9-10-16(11-14(13)2)15(3)24-19(27)12-26-20(28)22(4,25-21(26)29)17-7-5-6-8-18(17)23/h5-11,15H,12H2,1-4H3,(H,24,27)(H,25,29)/t15-,22-/m1/s1. The van der Waals surface area contributed by atoms with Crippen LogP contribution in [0.2, 0.25) is 5.02 Å². The van der Waals surface area contributed by atoms with Crippen LogP contribution in [0.5, 0.6) is 0 Å². The quantitative estimate of drug-likeness (QED) is 0.735. The Morgan fingerprint density at radius 2 is 1.86 bits per heavy atom. The van der Waals surface area contributed by atoms with E-state index >= 15 is 0 Å². The molecule has 0 bridgehead atoms. The summed E-state index contributed by atoms with van der Waals surface area (Å²) >= 11 is 6.22. The van der Waals surface area contributed by atoms with Gasteiger partial charge in [-0.2, -0.15) is 0 Å². The van der Waals surface area contributed by atoms with Gasteiger partial charge in [0.15, 0.2) is 0 Å². The molecule has 2 aromatic rings. The van der Waals surface area contributed by atoms with Crippen molar-refractivity contribution in [3.05, 3.63) is 69.7 Å². The number of carbonyl (C=O) groups is 3. The van der Waals surface area contributed by atoms with Crippen LogP contribution in [0.3, 0.4) is 0 Å². The molecule has 1 fully saturated rings. The average molecular weight is 414 g/mol. The summed E-state index contributed by atoms with van der Waals surface area (Å²) < 4.78 is 0. The molecule has 2 aromatic carbocycles. The molecule has 2 N–H and O–H groups in total. The summed E-state index contributed by atoms with van der Waals surface area (Å²) in [6, 6.07) is 11.9. The van der Waals surface area contributed by atoms with Crippen LogP contribution in [0.4, 0.5) is 4.79 Å². The molecule has 7 heteroatoms. The summed E-state index contributed by atoms with van der Waals surface area (Å²) in [5.41, 5.74) is 2.44. The van der Waals surface area contributed by atoms with Crippen LogP contribution in [-0.2, 0) is 15.1 Å². The molecule has 152 valence electrons. The number of carbonyl (C=O) groups excluding carboxylic acids is 3. The van der Waals surface area contributed by atoms with Gasteiger partial charge in [0.2, 0.25) is 5.91 Å². The van der Waals surface area contributed by atoms with Crippen molar-refractivity contribution in [1.29, 1.82) is 0 Å². The Balaban J connectivity index is 1.72. The maximum absolute atomic E-state index is 13.0. The molecule has 0 unspecified atom stereocenters. The van der Waals surface area contributed by atoms with Crippen molar-refractivity contribution in [3.8, 4) is 0 Å². The van der Waals surface area contributed by atoms with Crippen molar-refractivity contribution in [2.75, 3.05) is 6.54 Å². The van der Waals surface area contributed by atoms with E-state index < -0.39 is 23.4 Å². The van der Waals surface area contributed by atoms with Crippen LogP contribution in [0.1, 0.15) is 42.1 Å². The third-order valence-corrected chi connectivity index (χ3v) is 5.73. The topological polar surface area (TPSA) is 78.5 Å². The van der Waals surface area contributed by atoms with Crippen molar-refractivity contribution >= 4 is 29.4 Å². The second-order valence-corrected chi connectivity index (χ2v) is 7.97. The summed E-state index contributed by atoms with van der Waals surface area (Å²) in [7, 11) is 0. The molecule has 0 aromatic heterocycles. The van der Waals surface area contributed by atoms with Gasteiger partial charge in [-0.3, -0.25) is 14.5 Å². The number of nitrogens with zero attached hydrogens (tertiary/aromatic N) is 1. The minimum absolute atomic E-state index is 0.252. The second-order valence-electron chi connectivity index (χ2n) is 7.56. The first-order chi connectivity index (χ1) is 13.6. The molecular weight excluding hydrogens is 390 g/mol. The van der Waals surface area contributed by atoms with Gasteiger partial charge >= 0.3 is 6.03 Å². The van der Waals surface area contributed by atoms with E-state index in [9.17, 15) is 14.4 Å². The number of imide groups is 1. The van der Waals surface area contributed by atoms with E-state index in [2.05, 4.69) is 10.6 Å². The molecule has 0 aliphatic carbocycles. The van der Waals surface area contributed by atoms with E-state index in [0.717, 1.165) is 16.0 Å². The van der Waals surface area contributed by atoms with Gasteiger partial charge in [0.05, 0.1) is 6.04 Å². The SMILES string of the molecule is Cc1ccc([C@@H](C)NC(=O)CN2C(=O)N[C@](C)(c3ccccc3Cl)C2=O)cc1C. The van der Waals surface area contributed by atoms with Crippen LogP contribution in [0, 0.1) is 13.8 Å². The molecule has 2 atom stereocenters. The molecular formula is C22H24ClN3O3. The van der Waals surface area contributed by atoms with Crippen LogP contribution >= 0.6 is 11.6 Å². The Bertz CT molecular complexity index is 991. The highest BCUT2D eigenvalue weighted by Gasteiger charge is 2.50. The fourth-order valence-corrected chi connectivity index (χ4v) is 3.76. The van der Waals surface area contributed by atoms with Gasteiger partial charge in [0.1, 0.15) is 12.1 Å². The lowest BCUT2D eigenvalue weighted by atomic mass is 9.92. The third kappa shape index (κ3) is 3.98. The van der Waals surface area contributed by atoms with Gasteiger partial charge < -0.3 is 10.6 Å². The average Bonchev–Trinajstić information content (AvgIpc) is 2.88. The lowest BCUT2D eigenvalue weighted by Crippen LogP contribution is -2.43. The van der Waals surface area contributed by atoms with E-state index in [1.807, 2.05) is 39.0 Å². The minimum atomic E-state index is -1.31. The van der Waals surface area contributed by atoms with E-state index in [1.54, 1.807) is 31.2 Å². The highest BCUT2D eigenvalue weighted by atomic mass is 35.5. The lowest BCUT2D eigenvalue weighted by molar-refractivity contribution is -0.135. The number of urea groups is 1.